The first-order chi connectivity index (χ1) is 10.9. The number of rotatable bonds is 1. The summed E-state index contributed by atoms with van der Waals surface area (Å²) < 4.78 is 0. The van der Waals surface area contributed by atoms with Gasteiger partial charge in [-0.2, -0.15) is 0 Å². The van der Waals surface area contributed by atoms with Crippen molar-refractivity contribution >= 4 is 22.6 Å². The van der Waals surface area contributed by atoms with Gasteiger partial charge in [0.15, 0.2) is 0 Å². The van der Waals surface area contributed by atoms with Gasteiger partial charge in [0.1, 0.15) is 5.78 Å². The average molecular weight is 335 g/mol. The van der Waals surface area contributed by atoms with Gasteiger partial charge in [0.05, 0.1) is 0 Å². The van der Waals surface area contributed by atoms with Gasteiger partial charge in [0.2, 0.25) is 5.24 Å². The van der Waals surface area contributed by atoms with Gasteiger partial charge in [-0.25, -0.2) is 0 Å². The molecule has 0 aromatic rings. The first kappa shape index (κ1) is 15.9. The van der Waals surface area contributed by atoms with Crippen molar-refractivity contribution in [3.8, 4) is 0 Å². The number of hydrogen-bond donors (Lipinski definition) is 0. The summed E-state index contributed by atoms with van der Waals surface area (Å²) in [6.07, 6.45) is 10.4. The molecule has 0 amide bonds. The molecule has 0 aliphatic heterocycles. The smallest absolute Gasteiger partial charge is 0.225 e. The number of ketones is 1. The lowest BCUT2D eigenvalue weighted by molar-refractivity contribution is -0.125. The molecule has 4 aliphatic carbocycles. The first-order valence-electron chi connectivity index (χ1n) is 9.27. The molecule has 0 spiro atoms. The molecule has 3 saturated carbocycles. The van der Waals surface area contributed by atoms with E-state index in [0.29, 0.717) is 30.0 Å². The quantitative estimate of drug-likeness (QED) is 0.505. The Morgan fingerprint density at radius 3 is 2.70 bits per heavy atom. The highest BCUT2D eigenvalue weighted by molar-refractivity contribution is 6.64. The van der Waals surface area contributed by atoms with Crippen LogP contribution >= 0.6 is 11.6 Å². The van der Waals surface area contributed by atoms with Crippen LogP contribution in [0.25, 0.3) is 0 Å². The average Bonchev–Trinajstić information content (AvgIpc) is 2.85. The first-order valence-corrected chi connectivity index (χ1v) is 9.64. The molecule has 4 aliphatic rings. The summed E-state index contributed by atoms with van der Waals surface area (Å²) in [4.78, 5) is 23.8. The number of Topliss-reactive ketones (excluding diaryl/α,β-unsaturated/α-hetero) is 1. The van der Waals surface area contributed by atoms with Crippen molar-refractivity contribution in [1.29, 1.82) is 0 Å². The molecule has 0 radical (unpaired) electrons. The van der Waals surface area contributed by atoms with Crippen molar-refractivity contribution in [2.45, 2.75) is 65.2 Å². The molecule has 126 valence electrons. The topological polar surface area (TPSA) is 34.1 Å². The van der Waals surface area contributed by atoms with Gasteiger partial charge < -0.3 is 0 Å². The lowest BCUT2D eigenvalue weighted by Crippen LogP contribution is -2.50. The fourth-order valence-electron chi connectivity index (χ4n) is 6.85. The minimum Gasteiger partial charge on any atom is -0.299 e. The highest BCUT2D eigenvalue weighted by Gasteiger charge is 2.59. The van der Waals surface area contributed by atoms with E-state index >= 15 is 0 Å². The van der Waals surface area contributed by atoms with Gasteiger partial charge in [0, 0.05) is 18.8 Å². The molecule has 3 heteroatoms. The number of fused-ring (bicyclic) bond motifs is 5. The zero-order chi connectivity index (χ0) is 16.4. The van der Waals surface area contributed by atoms with Crippen LogP contribution in [0.1, 0.15) is 65.2 Å². The minimum atomic E-state index is -0.116. The highest BCUT2D eigenvalue weighted by Crippen LogP contribution is 2.66. The molecule has 23 heavy (non-hydrogen) atoms. The summed E-state index contributed by atoms with van der Waals surface area (Å²) in [5.41, 5.74) is 1.74. The summed E-state index contributed by atoms with van der Waals surface area (Å²) in [5, 5.41) is -0.116. The summed E-state index contributed by atoms with van der Waals surface area (Å²) in [7, 11) is 0. The standard InChI is InChI=1S/C20H27ClO2/c1-19-9-7-13(22)11-12(19)3-4-14-15-5-6-17(18(21)23)20(15,2)10-8-16(14)19/h3,14-17H,4-11H2,1-2H3/t14?,15?,16?,17-,19+,20+/m1/s1. The molecule has 0 saturated heterocycles. The predicted octanol–water partition coefficient (Wildman–Crippen LogP) is 4.90. The Morgan fingerprint density at radius 1 is 1.17 bits per heavy atom. The zero-order valence-electron chi connectivity index (χ0n) is 14.2. The molecule has 4 rings (SSSR count). The summed E-state index contributed by atoms with van der Waals surface area (Å²) in [6.45, 7) is 4.72. The maximum absolute atomic E-state index is 11.9. The van der Waals surface area contributed by atoms with Crippen LogP contribution in [0, 0.1) is 34.5 Å². The van der Waals surface area contributed by atoms with Gasteiger partial charge >= 0.3 is 0 Å². The number of hydrogen-bond acceptors (Lipinski definition) is 2. The van der Waals surface area contributed by atoms with E-state index in [1.165, 1.54) is 12.0 Å². The van der Waals surface area contributed by atoms with Crippen molar-refractivity contribution in [1.82, 2.24) is 0 Å². The molecule has 3 unspecified atom stereocenters. The molecular formula is C20H27ClO2. The van der Waals surface area contributed by atoms with Crippen LogP contribution in [0.4, 0.5) is 0 Å². The van der Waals surface area contributed by atoms with E-state index in [9.17, 15) is 9.59 Å². The van der Waals surface area contributed by atoms with Crippen LogP contribution < -0.4 is 0 Å². The van der Waals surface area contributed by atoms with E-state index in [4.69, 9.17) is 11.6 Å². The molecule has 6 atom stereocenters. The Bertz CT molecular complexity index is 594. The predicted molar refractivity (Wildman–Crippen MR) is 91.1 cm³/mol. The van der Waals surface area contributed by atoms with Crippen LogP contribution in [0.15, 0.2) is 11.6 Å². The molecule has 0 aromatic carbocycles. The van der Waals surface area contributed by atoms with Gasteiger partial charge in [-0.3, -0.25) is 9.59 Å². The maximum atomic E-state index is 11.9. The third-order valence-electron chi connectivity index (χ3n) is 8.21. The van der Waals surface area contributed by atoms with E-state index in [-0.39, 0.29) is 22.0 Å². The Kier molecular flexibility index (Phi) is 3.58. The number of carbonyl (C=O) groups is 2. The molecule has 2 nitrogen and oxygen atoms in total. The lowest BCUT2D eigenvalue weighted by atomic mass is 9.47. The zero-order valence-corrected chi connectivity index (χ0v) is 15.0. The second kappa shape index (κ2) is 5.18. The Hall–Kier alpha value is -0.630. The summed E-state index contributed by atoms with van der Waals surface area (Å²) in [6, 6.07) is 0. The summed E-state index contributed by atoms with van der Waals surface area (Å²) >= 11 is 5.93. The highest BCUT2D eigenvalue weighted by atomic mass is 35.5. The number of halogens is 1. The van der Waals surface area contributed by atoms with Gasteiger partial charge in [-0.15, -0.1) is 0 Å². The minimum absolute atomic E-state index is 0.0567. The molecule has 3 fully saturated rings. The second-order valence-corrected chi connectivity index (χ2v) is 9.33. The monoisotopic (exact) mass is 334 g/mol. The molecule has 0 N–H and O–H groups in total. The van der Waals surface area contributed by atoms with Gasteiger partial charge in [0.25, 0.3) is 0 Å². The lowest BCUT2D eigenvalue weighted by Gasteiger charge is -2.57. The van der Waals surface area contributed by atoms with E-state index in [1.54, 1.807) is 0 Å². The van der Waals surface area contributed by atoms with Crippen molar-refractivity contribution in [2.75, 3.05) is 0 Å². The normalized spacial score (nSPS) is 49.0. The van der Waals surface area contributed by atoms with E-state index in [1.807, 2.05) is 0 Å². The van der Waals surface area contributed by atoms with Crippen LogP contribution in [-0.2, 0) is 9.59 Å². The fraction of sp³-hybridized carbons (Fsp3) is 0.800. The number of allylic oxidation sites excluding steroid dienone is 2. The van der Waals surface area contributed by atoms with Crippen molar-refractivity contribution in [3.05, 3.63) is 11.6 Å². The van der Waals surface area contributed by atoms with Crippen molar-refractivity contribution in [2.24, 2.45) is 34.5 Å². The Labute approximate surface area is 144 Å². The SMILES string of the molecule is C[C@]12CCC(=O)CC1=CCC1C2CC[C@@]2(C)C1CC[C@@H]2C(=O)Cl. The van der Waals surface area contributed by atoms with Crippen LogP contribution in [0.2, 0.25) is 0 Å². The third kappa shape index (κ3) is 2.13. The van der Waals surface area contributed by atoms with Crippen molar-refractivity contribution < 1.29 is 9.59 Å². The van der Waals surface area contributed by atoms with Gasteiger partial charge in [-0.05, 0) is 78.7 Å². The van der Waals surface area contributed by atoms with Crippen LogP contribution in [0.3, 0.4) is 0 Å². The summed E-state index contributed by atoms with van der Waals surface area (Å²) in [5.74, 6) is 2.47. The van der Waals surface area contributed by atoms with Crippen LogP contribution in [0.5, 0.6) is 0 Å². The molecule has 0 heterocycles. The van der Waals surface area contributed by atoms with E-state index in [2.05, 4.69) is 19.9 Å². The molecular weight excluding hydrogens is 308 g/mol. The molecule has 0 aromatic heterocycles. The third-order valence-corrected chi connectivity index (χ3v) is 8.47. The fourth-order valence-corrected chi connectivity index (χ4v) is 7.21. The second-order valence-electron chi connectivity index (χ2n) is 8.95. The molecule has 0 bridgehead atoms. The largest absolute Gasteiger partial charge is 0.299 e. The number of carbonyl (C=O) groups excluding carboxylic acids is 2. The van der Waals surface area contributed by atoms with Gasteiger partial charge in [-0.1, -0.05) is 25.5 Å². The van der Waals surface area contributed by atoms with Crippen molar-refractivity contribution in [3.63, 3.8) is 0 Å². The van der Waals surface area contributed by atoms with Crippen LogP contribution in [-0.4, -0.2) is 11.0 Å². The Balaban J connectivity index is 1.67. The Morgan fingerprint density at radius 2 is 1.96 bits per heavy atom. The van der Waals surface area contributed by atoms with E-state index < -0.39 is 0 Å². The maximum Gasteiger partial charge on any atom is 0.225 e. The van der Waals surface area contributed by atoms with E-state index in [0.717, 1.165) is 38.5 Å².